The number of aryl methyl sites for hydroxylation is 1. The third kappa shape index (κ3) is 3.35. The first kappa shape index (κ1) is 13.2. The maximum atomic E-state index is 6.13. The molecule has 0 N–H and O–H groups in total. The fraction of sp³-hybridized carbons (Fsp3) is 0.692. The van der Waals surface area contributed by atoms with E-state index in [1.807, 2.05) is 18.7 Å². The maximum absolute atomic E-state index is 6.13. The molecular weight excluding hydrogens is 252 g/mol. The van der Waals surface area contributed by atoms with E-state index in [-0.39, 0.29) is 0 Å². The first-order chi connectivity index (χ1) is 8.20. The van der Waals surface area contributed by atoms with E-state index < -0.39 is 0 Å². The zero-order valence-corrected chi connectivity index (χ0v) is 12.1. The zero-order chi connectivity index (χ0) is 12.3. The minimum atomic E-state index is 0.616. The lowest BCUT2D eigenvalue weighted by molar-refractivity contribution is 0.622. The number of nitrogens with zero attached hydrogens (tertiary/aromatic N) is 2. The van der Waals surface area contributed by atoms with Crippen molar-refractivity contribution in [1.29, 1.82) is 0 Å². The van der Waals surface area contributed by atoms with Gasteiger partial charge >= 0.3 is 0 Å². The van der Waals surface area contributed by atoms with Crippen LogP contribution in [-0.2, 0) is 6.42 Å². The first-order valence-corrected chi connectivity index (χ1v) is 7.73. The number of halogens is 1. The highest BCUT2D eigenvalue weighted by Crippen LogP contribution is 2.32. The van der Waals surface area contributed by atoms with Gasteiger partial charge in [0.1, 0.15) is 16.0 Å². The van der Waals surface area contributed by atoms with Gasteiger partial charge in [-0.05, 0) is 25.7 Å². The van der Waals surface area contributed by atoms with Gasteiger partial charge in [-0.3, -0.25) is 0 Å². The Balaban J connectivity index is 2.05. The molecule has 0 spiro atoms. The van der Waals surface area contributed by atoms with Crippen LogP contribution in [0.15, 0.2) is 5.03 Å². The largest absolute Gasteiger partial charge is 0.226 e. The van der Waals surface area contributed by atoms with Gasteiger partial charge in [0.05, 0.1) is 0 Å². The normalized spacial score (nSPS) is 16.6. The molecule has 0 bridgehead atoms. The summed E-state index contributed by atoms with van der Waals surface area (Å²) in [6, 6.07) is 0. The number of hydrogen-bond donors (Lipinski definition) is 0. The Morgan fingerprint density at radius 1 is 1.29 bits per heavy atom. The van der Waals surface area contributed by atoms with E-state index >= 15 is 0 Å². The van der Waals surface area contributed by atoms with Crippen LogP contribution < -0.4 is 0 Å². The molecule has 2 nitrogen and oxygen atoms in total. The van der Waals surface area contributed by atoms with Crippen molar-refractivity contribution in [3.63, 3.8) is 0 Å². The predicted octanol–water partition coefficient (Wildman–Crippen LogP) is 4.28. The van der Waals surface area contributed by atoms with Gasteiger partial charge in [0.2, 0.25) is 0 Å². The second-order valence-electron chi connectivity index (χ2n) is 4.68. The van der Waals surface area contributed by atoms with Crippen LogP contribution in [0.1, 0.15) is 44.0 Å². The van der Waals surface area contributed by atoms with E-state index in [0.29, 0.717) is 5.15 Å². The SMILES string of the molecule is CCc1nc(Cl)c(C)c(SCC2CCCC2)n1. The van der Waals surface area contributed by atoms with Crippen LogP contribution in [0.4, 0.5) is 0 Å². The Kier molecular flexibility index (Phi) is 4.69. The zero-order valence-electron chi connectivity index (χ0n) is 10.5. The molecule has 1 aromatic rings. The molecule has 0 aromatic carbocycles. The highest BCUT2D eigenvalue weighted by atomic mass is 35.5. The van der Waals surface area contributed by atoms with Gasteiger partial charge in [0, 0.05) is 17.7 Å². The van der Waals surface area contributed by atoms with Gasteiger partial charge in [-0.25, -0.2) is 9.97 Å². The molecule has 1 aliphatic carbocycles. The third-order valence-corrected chi connectivity index (χ3v) is 5.01. The third-order valence-electron chi connectivity index (χ3n) is 3.33. The molecule has 1 fully saturated rings. The minimum absolute atomic E-state index is 0.616. The lowest BCUT2D eigenvalue weighted by Gasteiger charge is -2.11. The topological polar surface area (TPSA) is 25.8 Å². The standard InChI is InChI=1S/C13H19ClN2S/c1-3-11-15-12(14)9(2)13(16-11)17-8-10-6-4-5-7-10/h10H,3-8H2,1-2H3. The first-order valence-electron chi connectivity index (χ1n) is 6.36. The molecule has 1 saturated carbocycles. The second kappa shape index (κ2) is 6.05. The molecule has 0 aliphatic heterocycles. The smallest absolute Gasteiger partial charge is 0.136 e. The van der Waals surface area contributed by atoms with Crippen molar-refractivity contribution in [3.05, 3.63) is 16.5 Å². The molecule has 0 atom stereocenters. The van der Waals surface area contributed by atoms with E-state index in [9.17, 15) is 0 Å². The summed E-state index contributed by atoms with van der Waals surface area (Å²) >= 11 is 7.98. The van der Waals surface area contributed by atoms with Gasteiger partial charge in [-0.2, -0.15) is 0 Å². The average Bonchev–Trinajstić information content (AvgIpc) is 2.84. The lowest BCUT2D eigenvalue weighted by Crippen LogP contribution is -2.02. The molecule has 4 heteroatoms. The van der Waals surface area contributed by atoms with Gasteiger partial charge in [-0.15, -0.1) is 11.8 Å². The Bertz CT molecular complexity index is 389. The van der Waals surface area contributed by atoms with Crippen LogP contribution in [0.25, 0.3) is 0 Å². The van der Waals surface area contributed by atoms with Crippen molar-refractivity contribution < 1.29 is 0 Å². The number of hydrogen-bond acceptors (Lipinski definition) is 3. The molecule has 0 radical (unpaired) electrons. The quantitative estimate of drug-likeness (QED) is 0.603. The highest BCUT2D eigenvalue weighted by Gasteiger charge is 2.17. The molecule has 1 heterocycles. The van der Waals surface area contributed by atoms with Crippen LogP contribution in [-0.4, -0.2) is 15.7 Å². The van der Waals surface area contributed by atoms with Crippen molar-refractivity contribution in [2.75, 3.05) is 5.75 Å². The summed E-state index contributed by atoms with van der Waals surface area (Å²) in [6.45, 7) is 4.07. The summed E-state index contributed by atoms with van der Waals surface area (Å²) in [6.07, 6.45) is 6.40. The summed E-state index contributed by atoms with van der Waals surface area (Å²) in [7, 11) is 0. The summed E-state index contributed by atoms with van der Waals surface area (Å²) in [5.41, 5.74) is 1.03. The van der Waals surface area contributed by atoms with Crippen molar-refractivity contribution >= 4 is 23.4 Å². The molecule has 1 aliphatic rings. The van der Waals surface area contributed by atoms with E-state index in [2.05, 4.69) is 16.9 Å². The van der Waals surface area contributed by atoms with Crippen LogP contribution >= 0.6 is 23.4 Å². The van der Waals surface area contributed by atoms with E-state index in [0.717, 1.165) is 28.8 Å². The molecule has 94 valence electrons. The summed E-state index contributed by atoms with van der Waals surface area (Å²) in [4.78, 5) is 8.85. The van der Waals surface area contributed by atoms with E-state index in [4.69, 9.17) is 11.6 Å². The molecule has 0 amide bonds. The molecule has 1 aromatic heterocycles. The Morgan fingerprint density at radius 2 is 2.00 bits per heavy atom. The lowest BCUT2D eigenvalue weighted by atomic mass is 10.1. The van der Waals surface area contributed by atoms with Crippen molar-refractivity contribution in [1.82, 2.24) is 9.97 Å². The Morgan fingerprint density at radius 3 is 2.65 bits per heavy atom. The monoisotopic (exact) mass is 270 g/mol. The maximum Gasteiger partial charge on any atom is 0.136 e. The average molecular weight is 271 g/mol. The Hall–Kier alpha value is -0.280. The Labute approximate surface area is 113 Å². The van der Waals surface area contributed by atoms with E-state index in [1.165, 1.54) is 31.4 Å². The number of rotatable bonds is 4. The fourth-order valence-corrected chi connectivity index (χ4v) is 3.64. The second-order valence-corrected chi connectivity index (χ2v) is 6.04. The van der Waals surface area contributed by atoms with Crippen LogP contribution in [0.3, 0.4) is 0 Å². The molecule has 0 saturated heterocycles. The van der Waals surface area contributed by atoms with Crippen molar-refractivity contribution in [2.24, 2.45) is 5.92 Å². The van der Waals surface area contributed by atoms with Gasteiger partial charge in [0.25, 0.3) is 0 Å². The molecule has 2 rings (SSSR count). The fourth-order valence-electron chi connectivity index (χ4n) is 2.18. The van der Waals surface area contributed by atoms with Crippen LogP contribution in [0, 0.1) is 12.8 Å². The van der Waals surface area contributed by atoms with Crippen LogP contribution in [0.2, 0.25) is 5.15 Å². The predicted molar refractivity (Wildman–Crippen MR) is 73.8 cm³/mol. The number of aromatic nitrogens is 2. The highest BCUT2D eigenvalue weighted by molar-refractivity contribution is 7.99. The summed E-state index contributed by atoms with van der Waals surface area (Å²) in [5.74, 6) is 2.91. The van der Waals surface area contributed by atoms with Gasteiger partial charge in [-0.1, -0.05) is 31.4 Å². The minimum Gasteiger partial charge on any atom is -0.226 e. The van der Waals surface area contributed by atoms with E-state index in [1.54, 1.807) is 0 Å². The molecule has 17 heavy (non-hydrogen) atoms. The summed E-state index contributed by atoms with van der Waals surface area (Å²) in [5, 5.41) is 1.69. The van der Waals surface area contributed by atoms with Crippen molar-refractivity contribution in [2.45, 2.75) is 51.0 Å². The molecular formula is C13H19ClN2S. The van der Waals surface area contributed by atoms with Crippen molar-refractivity contribution in [3.8, 4) is 0 Å². The summed E-state index contributed by atoms with van der Waals surface area (Å²) < 4.78 is 0. The molecule has 0 unspecified atom stereocenters. The number of thioether (sulfide) groups is 1. The van der Waals surface area contributed by atoms with Gasteiger partial charge in [0.15, 0.2) is 0 Å². The van der Waals surface area contributed by atoms with Gasteiger partial charge < -0.3 is 0 Å². The van der Waals surface area contributed by atoms with Crippen LogP contribution in [0.5, 0.6) is 0 Å².